The molecule has 0 unspecified atom stereocenters. The Kier molecular flexibility index (Phi) is 39.9. The number of nitrogens with zero attached hydrogens (tertiary/aromatic N) is 2. The van der Waals surface area contributed by atoms with E-state index in [0.29, 0.717) is 113 Å². The van der Waals surface area contributed by atoms with Crippen LogP contribution in [0.25, 0.3) is 33.4 Å². The normalized spacial score (nSPS) is 11.8. The standard InChI is InChI=1S/C31H35ClN2O7.C30H33ClN2O7.C16H23NO4.C15H14ClNO3.Y/c1-7-26(35)22-13-10-20(32)16-23(22)24-17-28(36)34(18-27(24)39-5)25(14-15-41-31(2,3)4)29(37)33-21-11-8-19(9-12-21)30(38)40-6;1-6-25(34)21-12-9-19(31)15-22(21)23-16-27(35)33(17-26(23)39-5)24(13-14-40-30(2,3)4)28(36)32-20-10-7-18(8-11-20)29(37)38;1-11(9-10-21-16(2,3)4)14(18)17-13-7-5-12(6-8-13)15(19)20;1-3-13(18)10-5-4-9(16)6-11(10)12-7-15(19)17-8-14(12)20-2;/h8-13,16-18,25H,7,14-15H2,1-6H3,(H,33,37);7-12,15-17,24H,6,13-14H2,1-5H3,(H,32,36)(H,37,38);5-8,11H,9-10H2,1-4H3,(H,17,18)(H,19,20);4-8H,3H2,1-2H3,(H,17,19);/t25-;24-;11-;;/m001../s1. The first-order chi connectivity index (χ1) is 57.5. The summed E-state index contributed by atoms with van der Waals surface area (Å²) in [7, 11) is 5.67. The minimum absolute atomic E-state index is 0. The third-order valence-corrected chi connectivity index (χ3v) is 19.1. The average molecular weight is 1830 g/mol. The van der Waals surface area contributed by atoms with Crippen molar-refractivity contribution in [1.82, 2.24) is 14.1 Å². The maximum absolute atomic E-state index is 13.6. The molecule has 9 aromatic rings. The Labute approximate surface area is 754 Å². The molecule has 0 aliphatic carbocycles. The molecule has 123 heavy (non-hydrogen) atoms. The number of ketones is 3. The Bertz CT molecular complexity index is 5400. The summed E-state index contributed by atoms with van der Waals surface area (Å²) in [5.74, 6) is -3.02. The number of benzene rings is 6. The van der Waals surface area contributed by atoms with Crippen LogP contribution in [-0.2, 0) is 66.0 Å². The molecule has 3 aromatic heterocycles. The number of hydrogen-bond donors (Lipinski definition) is 6. The zero-order chi connectivity index (χ0) is 90.7. The Balaban J connectivity index is 0.000000305. The van der Waals surface area contributed by atoms with Gasteiger partial charge in [-0.15, -0.1) is 0 Å². The summed E-state index contributed by atoms with van der Waals surface area (Å²) in [6, 6.07) is 34.8. The zero-order valence-corrected chi connectivity index (χ0v) is 77.0. The van der Waals surface area contributed by atoms with Crippen molar-refractivity contribution in [3.8, 4) is 50.6 Å². The van der Waals surface area contributed by atoms with E-state index < -0.39 is 64.1 Å². The van der Waals surface area contributed by atoms with Crippen molar-refractivity contribution in [3.63, 3.8) is 0 Å². The monoisotopic (exact) mass is 1820 g/mol. The molecule has 3 atom stereocenters. The van der Waals surface area contributed by atoms with E-state index in [1.807, 2.05) is 69.2 Å². The third-order valence-electron chi connectivity index (χ3n) is 18.3. The van der Waals surface area contributed by atoms with E-state index >= 15 is 0 Å². The number of nitrogens with one attached hydrogen (secondary N) is 4. The summed E-state index contributed by atoms with van der Waals surface area (Å²) in [5, 5.41) is 27.6. The number of aromatic amines is 1. The second kappa shape index (κ2) is 47.8. The van der Waals surface area contributed by atoms with Gasteiger partial charge in [-0.1, -0.05) is 62.5 Å². The van der Waals surface area contributed by atoms with Crippen molar-refractivity contribution in [2.75, 3.05) is 64.2 Å². The van der Waals surface area contributed by atoms with E-state index in [-0.39, 0.29) is 135 Å². The molecular weight excluding hydrogens is 1720 g/mol. The number of carboxylic acid groups (broad SMARTS) is 2. The van der Waals surface area contributed by atoms with Gasteiger partial charge in [-0.3, -0.25) is 52.3 Å². The fourth-order valence-electron chi connectivity index (χ4n) is 12.0. The number of halogens is 3. The van der Waals surface area contributed by atoms with E-state index in [0.717, 1.165) is 0 Å². The van der Waals surface area contributed by atoms with E-state index in [2.05, 4.69) is 20.9 Å². The number of carbonyl (C=O) groups is 9. The fraction of sp³-hybridized carbons (Fsp3) is 0.348. The number of anilines is 3. The number of carbonyl (C=O) groups excluding carboxylic acids is 7. The quantitative estimate of drug-likeness (QED) is 0.0168. The maximum Gasteiger partial charge on any atom is 0.337 e. The maximum atomic E-state index is 13.6. The van der Waals surface area contributed by atoms with Crippen LogP contribution in [0.2, 0.25) is 15.1 Å². The molecule has 0 saturated carbocycles. The molecule has 3 amide bonds. The van der Waals surface area contributed by atoms with Gasteiger partial charge >= 0.3 is 17.9 Å². The second-order valence-corrected chi connectivity index (χ2v) is 32.0. The summed E-state index contributed by atoms with van der Waals surface area (Å²) in [6.07, 6.45) is 6.25. The van der Waals surface area contributed by atoms with Crippen LogP contribution < -0.4 is 46.8 Å². The van der Waals surface area contributed by atoms with Crippen LogP contribution in [0.5, 0.6) is 17.2 Å². The topological polar surface area (TPSA) is 372 Å². The van der Waals surface area contributed by atoms with Crippen molar-refractivity contribution < 1.29 is 119 Å². The molecule has 1 radical (unpaired) electrons. The van der Waals surface area contributed by atoms with Crippen molar-refractivity contribution in [1.29, 1.82) is 0 Å². The minimum Gasteiger partial charge on any atom is -0.495 e. The van der Waals surface area contributed by atoms with Gasteiger partial charge in [0.25, 0.3) is 11.1 Å². The molecule has 3 heterocycles. The fourth-order valence-corrected chi connectivity index (χ4v) is 12.5. The first kappa shape index (κ1) is 103. The van der Waals surface area contributed by atoms with Crippen LogP contribution in [-0.4, -0.2) is 142 Å². The number of amides is 3. The molecule has 0 aliphatic rings. The van der Waals surface area contributed by atoms with Crippen LogP contribution >= 0.6 is 34.8 Å². The minimum atomic E-state index is -1.09. The van der Waals surface area contributed by atoms with Gasteiger partial charge in [0.2, 0.25) is 23.3 Å². The van der Waals surface area contributed by atoms with Crippen molar-refractivity contribution in [3.05, 3.63) is 244 Å². The number of rotatable bonds is 32. The number of H-pyrrole nitrogens is 1. The third kappa shape index (κ3) is 31.2. The molecular formula is C92H105Cl3N6O21Y. The van der Waals surface area contributed by atoms with Gasteiger partial charge in [0.05, 0.1) is 74.3 Å². The molecule has 653 valence electrons. The van der Waals surface area contributed by atoms with Crippen LogP contribution in [0.4, 0.5) is 17.1 Å². The van der Waals surface area contributed by atoms with E-state index in [1.165, 1.54) is 123 Å². The Morgan fingerprint density at radius 1 is 0.415 bits per heavy atom. The zero-order valence-electron chi connectivity index (χ0n) is 71.9. The molecule has 6 aromatic carbocycles. The molecule has 0 saturated heterocycles. The number of ether oxygens (including phenoxy) is 7. The first-order valence-corrected chi connectivity index (χ1v) is 40.2. The van der Waals surface area contributed by atoms with Crippen LogP contribution in [0.1, 0.15) is 203 Å². The molecule has 6 N–H and O–H groups in total. The number of carboxylic acids is 2. The largest absolute Gasteiger partial charge is 0.495 e. The average Bonchev–Trinajstić information content (AvgIpc) is 0.793. The van der Waals surface area contributed by atoms with Crippen LogP contribution in [0.15, 0.2) is 179 Å². The van der Waals surface area contributed by atoms with Gasteiger partial charge in [-0.25, -0.2) is 14.4 Å². The molecule has 31 heteroatoms. The molecule has 9 rings (SSSR count). The number of pyridine rings is 3. The van der Waals surface area contributed by atoms with Gasteiger partial charge < -0.3 is 64.3 Å². The van der Waals surface area contributed by atoms with Crippen molar-refractivity contribution >= 4 is 105 Å². The summed E-state index contributed by atoms with van der Waals surface area (Å²) in [5.41, 5.74) is 3.81. The van der Waals surface area contributed by atoms with E-state index in [4.69, 9.17) is 78.2 Å². The van der Waals surface area contributed by atoms with E-state index in [9.17, 15) is 57.5 Å². The van der Waals surface area contributed by atoms with Crippen LogP contribution in [0, 0.1) is 5.92 Å². The number of aromatic nitrogens is 3. The Morgan fingerprint density at radius 2 is 0.724 bits per heavy atom. The number of esters is 1. The van der Waals surface area contributed by atoms with Gasteiger partial charge in [0.15, 0.2) is 17.3 Å². The molecule has 0 fully saturated rings. The van der Waals surface area contributed by atoms with Gasteiger partial charge in [0.1, 0.15) is 29.3 Å². The molecule has 0 spiro atoms. The molecule has 0 bridgehead atoms. The van der Waals surface area contributed by atoms with Gasteiger partial charge in [-0.05, 0) is 213 Å². The number of Topliss-reactive ketones (excluding diaryl/α,β-unsaturated/α-hetero) is 3. The van der Waals surface area contributed by atoms with Crippen LogP contribution in [0.3, 0.4) is 0 Å². The predicted molar refractivity (Wildman–Crippen MR) is 472 cm³/mol. The SMILES string of the molecule is CCC(=O)c1ccc(Cl)cc1-c1cc(=O)[nH]cc1OC.CCC(=O)c1ccc(Cl)cc1-c1cc(=O)n([C@@H](CCOC(C)(C)C)C(=O)Nc2ccc(C(=O)O)cc2)cc1OC.CCC(=O)c1ccc(Cl)cc1-c1cc(=O)n([C@@H](CCOC(C)(C)C)C(=O)Nc2ccc(C(=O)OC)cc2)cc1OC.C[C@H](CCOC(C)(C)C)C(=O)Nc1ccc(C(=O)O)cc1.[Y]. The smallest absolute Gasteiger partial charge is 0.337 e. The number of methoxy groups -OCH3 is 4. The van der Waals surface area contributed by atoms with Gasteiger partial charge in [0, 0.05) is 180 Å². The van der Waals surface area contributed by atoms with Crippen molar-refractivity contribution in [2.45, 2.75) is 157 Å². The first-order valence-electron chi connectivity index (χ1n) is 39.0. The second-order valence-electron chi connectivity index (χ2n) is 30.7. The predicted octanol–water partition coefficient (Wildman–Crippen LogP) is 18.3. The Hall–Kier alpha value is -10.7. The number of hydrogen-bond acceptors (Lipinski definition) is 19. The summed E-state index contributed by atoms with van der Waals surface area (Å²) >= 11 is 18.5. The molecule has 27 nitrogen and oxygen atoms in total. The number of aromatic carboxylic acids is 2. The van der Waals surface area contributed by atoms with Crippen molar-refractivity contribution in [2.24, 2.45) is 5.92 Å². The summed E-state index contributed by atoms with van der Waals surface area (Å²) in [6.45, 7) is 25.3. The molecule has 0 aliphatic heterocycles. The van der Waals surface area contributed by atoms with Gasteiger partial charge in [-0.2, -0.15) is 0 Å². The van der Waals surface area contributed by atoms with E-state index in [1.54, 1.807) is 99.6 Å². The Morgan fingerprint density at radius 3 is 1.02 bits per heavy atom. The summed E-state index contributed by atoms with van der Waals surface area (Å²) in [4.78, 5) is 151. The summed E-state index contributed by atoms with van der Waals surface area (Å²) < 4.78 is 41.1.